The van der Waals surface area contributed by atoms with Crippen molar-refractivity contribution in [1.82, 2.24) is 4.57 Å². The number of benzene rings is 7. The largest absolute Gasteiger partial charge is 0.468 e. The highest BCUT2D eigenvalue weighted by Crippen LogP contribution is 2.55. The van der Waals surface area contributed by atoms with Crippen molar-refractivity contribution in [1.29, 1.82) is 0 Å². The number of nitrogens with zero attached hydrogens (tertiary/aromatic N) is 3. The third kappa shape index (κ3) is 4.65. The molecule has 0 fully saturated rings. The second-order valence-electron chi connectivity index (χ2n) is 19.3. The summed E-state index contributed by atoms with van der Waals surface area (Å²) in [6.07, 6.45) is 0. The number of aromatic nitrogens is 1. The lowest BCUT2D eigenvalue weighted by molar-refractivity contribution is 0.590. The van der Waals surface area contributed by atoms with E-state index in [1.165, 1.54) is 14.4 Å². The minimum Gasteiger partial charge on any atom is -0.468 e. The van der Waals surface area contributed by atoms with Gasteiger partial charge < -0.3 is 23.2 Å². The van der Waals surface area contributed by atoms with Gasteiger partial charge in [-0.15, -0.1) is 0 Å². The molecule has 0 amide bonds. The average Bonchev–Trinajstić information content (AvgIpc) is 1.68. The van der Waals surface area contributed by atoms with Crippen LogP contribution in [0.2, 0.25) is 0 Å². The van der Waals surface area contributed by atoms with E-state index < -0.39 is 136 Å². The van der Waals surface area contributed by atoms with Crippen molar-refractivity contribution in [3.63, 3.8) is 0 Å². The third-order valence-electron chi connectivity index (χ3n) is 12.2. The van der Waals surface area contributed by atoms with Crippen LogP contribution in [-0.4, -0.2) is 11.3 Å². The van der Waals surface area contributed by atoms with Gasteiger partial charge in [0.15, 0.2) is 0 Å². The van der Waals surface area contributed by atoms with E-state index in [9.17, 15) is 20.6 Å². The van der Waals surface area contributed by atoms with E-state index in [1.807, 2.05) is 0 Å². The molecule has 0 spiro atoms. The minimum absolute atomic E-state index is 0.0147. The Balaban J connectivity index is 1.34. The van der Waals surface area contributed by atoms with Crippen molar-refractivity contribution in [3.8, 4) is 5.69 Å². The van der Waals surface area contributed by atoms with Gasteiger partial charge in [-0.2, -0.15) is 0 Å². The van der Waals surface area contributed by atoms with Crippen LogP contribution in [0.1, 0.15) is 108 Å². The zero-order valence-electron chi connectivity index (χ0n) is 56.2. The summed E-state index contributed by atoms with van der Waals surface area (Å²) in [4.78, 5) is 2.71. The molecule has 0 aliphatic carbocycles. The number of para-hydroxylation sites is 3. The highest BCUT2D eigenvalue weighted by Gasteiger charge is 2.49. The fourth-order valence-electron chi connectivity index (χ4n) is 9.14. The van der Waals surface area contributed by atoms with Gasteiger partial charge in [-0.3, -0.25) is 0 Å². The molecule has 0 saturated heterocycles. The summed E-state index contributed by atoms with van der Waals surface area (Å²) in [5, 5.41) is -0.916. The molecule has 0 bridgehead atoms. The topological polar surface area (TPSA) is 37.7 Å². The van der Waals surface area contributed by atoms with Gasteiger partial charge in [0.25, 0.3) is 6.71 Å². The first kappa shape index (κ1) is 20.9. The molecule has 7 aromatic carbocycles. The molecule has 6 heterocycles. The van der Waals surface area contributed by atoms with Gasteiger partial charge in [-0.25, -0.2) is 0 Å². The lowest BCUT2D eigenvalue weighted by Crippen LogP contribution is -2.61. The zero-order valence-corrected chi connectivity index (χ0v) is 35.2. The number of hydrogen-bond acceptors (Lipinski definition) is 4. The molecular formula is C56H48BN3O2. The Kier molecular flexibility index (Phi) is 3.93. The van der Waals surface area contributed by atoms with Crippen LogP contribution in [-0.2, 0) is 16.2 Å². The fraction of sp³-hybridized carbons (Fsp3) is 0.214. The van der Waals surface area contributed by atoms with Crippen LogP contribution in [0, 0.1) is 0 Å². The van der Waals surface area contributed by atoms with Gasteiger partial charge in [-0.1, -0.05) is 117 Å². The first-order valence-corrected chi connectivity index (χ1v) is 20.4. The Morgan fingerprint density at radius 1 is 0.468 bits per heavy atom. The van der Waals surface area contributed by atoms with Crippen LogP contribution in [0.4, 0.5) is 34.1 Å². The molecule has 6 heteroatoms. The Labute approximate surface area is 391 Å². The fourth-order valence-corrected chi connectivity index (χ4v) is 9.14. The summed E-state index contributed by atoms with van der Waals surface area (Å²) < 4.78 is 217. The number of furan rings is 2. The molecule has 3 aliphatic rings. The Morgan fingerprint density at radius 2 is 1.11 bits per heavy atom. The maximum atomic E-state index is 10.6. The van der Waals surface area contributed by atoms with Crippen molar-refractivity contribution in [2.45, 2.75) is 78.6 Å². The van der Waals surface area contributed by atoms with E-state index in [0.717, 1.165) is 0 Å². The van der Waals surface area contributed by atoms with Crippen LogP contribution in [0.15, 0.2) is 136 Å². The highest BCUT2D eigenvalue weighted by molar-refractivity contribution is 7.00. The van der Waals surface area contributed by atoms with Crippen LogP contribution in [0.3, 0.4) is 0 Å². The first-order valence-electron chi connectivity index (χ1n) is 30.9. The number of anilines is 6. The molecule has 3 aromatic heterocycles. The van der Waals surface area contributed by atoms with E-state index in [2.05, 4.69) is 0 Å². The number of hydrogen-bond donors (Lipinski definition) is 0. The summed E-state index contributed by atoms with van der Waals surface area (Å²) in [5.74, 6) is 0. The van der Waals surface area contributed by atoms with Crippen molar-refractivity contribution < 1.29 is 37.6 Å². The molecule has 62 heavy (non-hydrogen) atoms. The van der Waals surface area contributed by atoms with E-state index in [0.29, 0.717) is 0 Å². The zero-order chi connectivity index (χ0) is 60.6. The number of fused-ring (bicyclic) bond motifs is 14. The van der Waals surface area contributed by atoms with Crippen LogP contribution in [0.5, 0.6) is 0 Å². The van der Waals surface area contributed by atoms with E-state index in [1.54, 1.807) is 62.3 Å². The number of rotatable bonds is 1. The normalized spacial score (nSPS) is 19.2. The molecule has 0 unspecified atom stereocenters. The quantitative estimate of drug-likeness (QED) is 0.155. The highest BCUT2D eigenvalue weighted by atomic mass is 16.3. The van der Waals surface area contributed by atoms with Crippen molar-refractivity contribution in [3.05, 3.63) is 144 Å². The molecular weight excluding hydrogens is 757 g/mol. The van der Waals surface area contributed by atoms with Gasteiger partial charge >= 0.3 is 0 Å². The molecule has 0 saturated carbocycles. The SMILES string of the molecule is [2H]c1c([2H])c2c3c(c1[2H])-n1c4c([2H])c([2H])c([2H])c([2H])c4c4c([2H])c(C(C)(C)C)c([2H])c(c41)N3c1c([2H])c(C(C)(C)C)c([2H])c3c1B2c1oc2c([2H])c([2H])c(C(C)(C)C)c([2H])c2c1N3c1c([2H])c([2H])c2c(oc3c([2H])c([2H])c([2H])c([2H])c32)c1[2H]. The lowest BCUT2D eigenvalue weighted by atomic mass is 9.35. The maximum Gasteiger partial charge on any atom is 0.297 e. The van der Waals surface area contributed by atoms with E-state index in [-0.39, 0.29) is 141 Å². The van der Waals surface area contributed by atoms with Crippen LogP contribution >= 0.6 is 0 Å². The molecule has 0 atom stereocenters. The third-order valence-corrected chi connectivity index (χ3v) is 12.2. The van der Waals surface area contributed by atoms with Crippen LogP contribution in [0.25, 0.3) is 60.4 Å². The Bertz CT molecular complexity index is 4850. The molecule has 0 radical (unpaired) electrons. The summed E-state index contributed by atoms with van der Waals surface area (Å²) in [7, 11) is 0. The predicted molar refractivity (Wildman–Crippen MR) is 262 cm³/mol. The van der Waals surface area contributed by atoms with Gasteiger partial charge in [0.1, 0.15) is 16.7 Å². The predicted octanol–water partition coefficient (Wildman–Crippen LogP) is 13.7. The Hall–Kier alpha value is -6.66. The van der Waals surface area contributed by atoms with Gasteiger partial charge in [0, 0.05) is 50.0 Å². The molecule has 0 N–H and O–H groups in total. The Morgan fingerprint density at radius 3 is 1.89 bits per heavy atom. The summed E-state index contributed by atoms with van der Waals surface area (Å²) in [5.41, 5.74) is -6.53. The average molecular weight is 827 g/mol. The van der Waals surface area contributed by atoms with Crippen molar-refractivity contribution >= 4 is 112 Å². The van der Waals surface area contributed by atoms with Crippen molar-refractivity contribution in [2.24, 2.45) is 0 Å². The van der Waals surface area contributed by atoms with Gasteiger partial charge in [-0.05, 0) is 110 Å². The standard InChI is InChI=1S/C56H48BN3O2/c1-54(2,3)31-21-24-47-39(25-31)51-53(62-47)57-40-17-14-19-42-52(40)60(45-29-32(55(4,5)6)26-38-35-15-10-12-18-41(35)59(42)50(38)45)44-28-33(56(7,8)9)27-43(49(44)57)58(51)34-22-23-37-36-16-11-13-20-46(36)61-48(37)30-34/h10-30H,1-9H3/i10D,11D,12D,13D,14D,15D,16D,17D,18D,19D,20D,21D,22D,23D,24D,25D,26D,27D,28D,29D,30D. The molecule has 13 rings (SSSR count). The van der Waals surface area contributed by atoms with Crippen molar-refractivity contribution in [2.75, 3.05) is 9.80 Å². The lowest BCUT2D eigenvalue weighted by Gasteiger charge is -2.45. The van der Waals surface area contributed by atoms with Crippen LogP contribution < -0.4 is 26.4 Å². The summed E-state index contributed by atoms with van der Waals surface area (Å²) >= 11 is 0. The summed E-state index contributed by atoms with van der Waals surface area (Å²) in [6, 6.07) is -11.5. The van der Waals surface area contributed by atoms with E-state index in [4.69, 9.17) is 17.1 Å². The molecule has 302 valence electrons. The second kappa shape index (κ2) is 11.6. The van der Waals surface area contributed by atoms with E-state index >= 15 is 0 Å². The van der Waals surface area contributed by atoms with Gasteiger partial charge in [0.05, 0.1) is 68.2 Å². The van der Waals surface area contributed by atoms with Gasteiger partial charge in [0.2, 0.25) is 0 Å². The monoisotopic (exact) mass is 827 g/mol. The summed E-state index contributed by atoms with van der Waals surface area (Å²) in [6.45, 7) is 14.1. The molecule has 3 aliphatic heterocycles. The maximum absolute atomic E-state index is 10.6. The smallest absolute Gasteiger partial charge is 0.297 e. The molecule has 10 aromatic rings. The minimum atomic E-state index is -1.61. The first-order chi connectivity index (χ1) is 38.5. The molecule has 5 nitrogen and oxygen atoms in total. The second-order valence-corrected chi connectivity index (χ2v) is 19.3.